The lowest BCUT2D eigenvalue weighted by molar-refractivity contribution is -0.134. The van der Waals surface area contributed by atoms with E-state index in [4.69, 9.17) is 0 Å². The zero-order valence-corrected chi connectivity index (χ0v) is 16.6. The number of likely N-dealkylation sites (N-methyl/N-ethyl adjacent to an activating group) is 1. The van der Waals surface area contributed by atoms with Gasteiger partial charge in [0.1, 0.15) is 5.82 Å². The van der Waals surface area contributed by atoms with E-state index in [1.54, 1.807) is 4.90 Å². The lowest BCUT2D eigenvalue weighted by Crippen LogP contribution is -2.53. The van der Waals surface area contributed by atoms with E-state index in [1.165, 1.54) is 29.3 Å². The molecule has 2 fully saturated rings. The maximum absolute atomic E-state index is 13.0. The molecule has 0 spiro atoms. The molecule has 1 heterocycles. The van der Waals surface area contributed by atoms with Crippen molar-refractivity contribution in [2.45, 2.75) is 43.5 Å². The number of carbonyl (C=O) groups excluding carboxylic acids is 1. The number of piperazine rings is 1. The summed E-state index contributed by atoms with van der Waals surface area (Å²) in [5.74, 6) is -0.394. The van der Waals surface area contributed by atoms with Gasteiger partial charge in [0.15, 0.2) is 0 Å². The second-order valence-electron chi connectivity index (χ2n) is 7.24. The van der Waals surface area contributed by atoms with Gasteiger partial charge in [-0.25, -0.2) is 12.8 Å². The molecular weight excluding hydrogens is 369 g/mol. The number of halogens is 1. The highest BCUT2D eigenvalue weighted by Gasteiger charge is 2.31. The fourth-order valence-electron chi connectivity index (χ4n) is 3.98. The van der Waals surface area contributed by atoms with E-state index in [0.29, 0.717) is 25.7 Å². The maximum atomic E-state index is 13.0. The Morgan fingerprint density at radius 1 is 1.11 bits per heavy atom. The summed E-state index contributed by atoms with van der Waals surface area (Å²) < 4.78 is 39.7. The molecule has 0 bridgehead atoms. The van der Waals surface area contributed by atoms with Crippen LogP contribution in [0.1, 0.15) is 32.6 Å². The minimum atomic E-state index is -3.65. The molecule has 1 amide bonds. The van der Waals surface area contributed by atoms with Gasteiger partial charge in [-0.05, 0) is 43.7 Å². The van der Waals surface area contributed by atoms with Crippen molar-refractivity contribution in [2.75, 3.05) is 39.3 Å². The van der Waals surface area contributed by atoms with Crippen molar-refractivity contribution in [2.24, 2.45) is 0 Å². The molecule has 1 aromatic rings. The summed E-state index contributed by atoms with van der Waals surface area (Å²) >= 11 is 0. The Labute approximate surface area is 161 Å². The second-order valence-corrected chi connectivity index (χ2v) is 9.18. The maximum Gasteiger partial charge on any atom is 0.243 e. The van der Waals surface area contributed by atoms with Crippen LogP contribution in [0.5, 0.6) is 0 Å². The number of amides is 1. The van der Waals surface area contributed by atoms with Crippen molar-refractivity contribution in [1.82, 2.24) is 14.1 Å². The smallest absolute Gasteiger partial charge is 0.243 e. The number of carbonyl (C=O) groups is 1. The van der Waals surface area contributed by atoms with Crippen LogP contribution in [-0.2, 0) is 14.8 Å². The third-order valence-electron chi connectivity index (χ3n) is 5.63. The van der Waals surface area contributed by atoms with Gasteiger partial charge in [0, 0.05) is 32.2 Å². The normalized spacial score (nSPS) is 19.7. The SMILES string of the molecule is CCN(CC(=O)N1CCN(S(=O)(=O)c2ccc(F)cc2)CC1)C1CCCC1. The molecule has 0 radical (unpaired) electrons. The number of hydrogen-bond acceptors (Lipinski definition) is 4. The van der Waals surface area contributed by atoms with Crippen LogP contribution in [0.4, 0.5) is 4.39 Å². The van der Waals surface area contributed by atoms with Crippen LogP contribution in [0.15, 0.2) is 29.2 Å². The van der Waals surface area contributed by atoms with Crippen LogP contribution in [0.25, 0.3) is 0 Å². The molecule has 1 aliphatic heterocycles. The first kappa shape index (κ1) is 20.2. The van der Waals surface area contributed by atoms with Gasteiger partial charge >= 0.3 is 0 Å². The van der Waals surface area contributed by atoms with Gasteiger partial charge in [0.25, 0.3) is 0 Å². The molecule has 1 saturated carbocycles. The summed E-state index contributed by atoms with van der Waals surface area (Å²) in [5, 5.41) is 0. The molecule has 1 aromatic carbocycles. The molecule has 0 unspecified atom stereocenters. The average molecular weight is 398 g/mol. The Morgan fingerprint density at radius 2 is 1.70 bits per heavy atom. The predicted octanol–water partition coefficient (Wildman–Crippen LogP) is 1.92. The van der Waals surface area contributed by atoms with Crippen molar-refractivity contribution >= 4 is 15.9 Å². The average Bonchev–Trinajstić information content (AvgIpc) is 3.21. The molecule has 1 saturated heterocycles. The molecule has 0 aromatic heterocycles. The van der Waals surface area contributed by atoms with Crippen LogP contribution in [0.3, 0.4) is 0 Å². The van der Waals surface area contributed by atoms with Gasteiger partial charge in [-0.2, -0.15) is 4.31 Å². The molecule has 0 N–H and O–H groups in total. The summed E-state index contributed by atoms with van der Waals surface area (Å²) in [7, 11) is -3.65. The molecule has 1 aliphatic carbocycles. The highest BCUT2D eigenvalue weighted by molar-refractivity contribution is 7.89. The minimum absolute atomic E-state index is 0.0718. The molecule has 2 aliphatic rings. The Morgan fingerprint density at radius 3 is 2.26 bits per heavy atom. The summed E-state index contributed by atoms with van der Waals surface area (Å²) in [6.45, 7) is 4.66. The van der Waals surface area contributed by atoms with Crippen molar-refractivity contribution in [1.29, 1.82) is 0 Å². The summed E-state index contributed by atoms with van der Waals surface area (Å²) in [6, 6.07) is 5.36. The van der Waals surface area contributed by atoms with Gasteiger partial charge in [-0.3, -0.25) is 9.69 Å². The zero-order chi connectivity index (χ0) is 19.4. The van der Waals surface area contributed by atoms with Crippen LogP contribution in [0.2, 0.25) is 0 Å². The van der Waals surface area contributed by atoms with Crippen molar-refractivity contribution in [3.8, 4) is 0 Å². The standard InChI is InChI=1S/C19H28FN3O3S/c1-2-21(17-5-3-4-6-17)15-19(24)22-11-13-23(14-12-22)27(25,26)18-9-7-16(20)8-10-18/h7-10,17H,2-6,11-15H2,1H3. The predicted molar refractivity (Wildman–Crippen MR) is 101 cm³/mol. The van der Waals surface area contributed by atoms with Crippen LogP contribution in [-0.4, -0.2) is 73.7 Å². The van der Waals surface area contributed by atoms with E-state index in [9.17, 15) is 17.6 Å². The third kappa shape index (κ3) is 4.67. The van der Waals surface area contributed by atoms with E-state index in [0.717, 1.165) is 31.5 Å². The summed E-state index contributed by atoms with van der Waals surface area (Å²) in [6.07, 6.45) is 4.78. The van der Waals surface area contributed by atoms with Crippen molar-refractivity contribution in [3.05, 3.63) is 30.1 Å². The van der Waals surface area contributed by atoms with Gasteiger partial charge in [0.2, 0.25) is 15.9 Å². The number of nitrogens with zero attached hydrogens (tertiary/aromatic N) is 3. The topological polar surface area (TPSA) is 60.9 Å². The zero-order valence-electron chi connectivity index (χ0n) is 15.8. The Hall–Kier alpha value is -1.51. The second kappa shape index (κ2) is 8.67. The van der Waals surface area contributed by atoms with E-state index in [2.05, 4.69) is 11.8 Å². The molecular formula is C19H28FN3O3S. The Bertz CT molecular complexity index is 740. The number of benzene rings is 1. The largest absolute Gasteiger partial charge is 0.339 e. The minimum Gasteiger partial charge on any atom is -0.339 e. The molecule has 0 atom stereocenters. The van der Waals surface area contributed by atoms with Crippen LogP contribution < -0.4 is 0 Å². The molecule has 27 heavy (non-hydrogen) atoms. The molecule has 150 valence electrons. The van der Waals surface area contributed by atoms with E-state index >= 15 is 0 Å². The van der Waals surface area contributed by atoms with Crippen molar-refractivity contribution in [3.63, 3.8) is 0 Å². The number of sulfonamides is 1. The van der Waals surface area contributed by atoms with Gasteiger partial charge in [-0.1, -0.05) is 19.8 Å². The molecule has 3 rings (SSSR count). The first-order valence-corrected chi connectivity index (χ1v) is 11.1. The van der Waals surface area contributed by atoms with E-state index in [1.807, 2.05) is 0 Å². The van der Waals surface area contributed by atoms with Crippen LogP contribution in [0, 0.1) is 5.82 Å². The van der Waals surface area contributed by atoms with Gasteiger partial charge < -0.3 is 4.90 Å². The van der Waals surface area contributed by atoms with Crippen molar-refractivity contribution < 1.29 is 17.6 Å². The summed E-state index contributed by atoms with van der Waals surface area (Å²) in [4.78, 5) is 16.8. The number of rotatable bonds is 6. The summed E-state index contributed by atoms with van der Waals surface area (Å²) in [5.41, 5.74) is 0. The van der Waals surface area contributed by atoms with Gasteiger partial charge in [0.05, 0.1) is 11.4 Å². The fraction of sp³-hybridized carbons (Fsp3) is 0.632. The van der Waals surface area contributed by atoms with E-state index in [-0.39, 0.29) is 23.9 Å². The first-order chi connectivity index (χ1) is 12.9. The quantitative estimate of drug-likeness (QED) is 0.736. The van der Waals surface area contributed by atoms with Gasteiger partial charge in [-0.15, -0.1) is 0 Å². The lowest BCUT2D eigenvalue weighted by atomic mass is 10.2. The monoisotopic (exact) mass is 397 g/mol. The number of hydrogen-bond donors (Lipinski definition) is 0. The first-order valence-electron chi connectivity index (χ1n) is 9.69. The Kier molecular flexibility index (Phi) is 6.49. The van der Waals surface area contributed by atoms with Crippen LogP contribution >= 0.6 is 0 Å². The third-order valence-corrected chi connectivity index (χ3v) is 7.54. The molecule has 6 nitrogen and oxygen atoms in total. The highest BCUT2D eigenvalue weighted by Crippen LogP contribution is 2.23. The molecule has 8 heteroatoms. The Balaban J connectivity index is 1.56. The van der Waals surface area contributed by atoms with E-state index < -0.39 is 15.8 Å². The fourth-order valence-corrected chi connectivity index (χ4v) is 5.40. The lowest BCUT2D eigenvalue weighted by Gasteiger charge is -2.36. The highest BCUT2D eigenvalue weighted by atomic mass is 32.2.